The Kier molecular flexibility index (Phi) is 8.08. The zero-order valence-electron chi connectivity index (χ0n) is 15.2. The van der Waals surface area contributed by atoms with Crippen LogP contribution in [-0.4, -0.2) is 24.4 Å². The number of esters is 1. The molecular weight excluding hydrogens is 448 g/mol. The number of hydrogen-bond donors (Lipinski definition) is 2. The highest BCUT2D eigenvalue weighted by Gasteiger charge is 2.30. The molecule has 0 fully saturated rings. The molecule has 2 N–H and O–H groups in total. The smallest absolute Gasteiger partial charge is 0.416 e. The van der Waals surface area contributed by atoms with Gasteiger partial charge < -0.3 is 15.4 Å². The van der Waals surface area contributed by atoms with E-state index < -0.39 is 36.1 Å². The van der Waals surface area contributed by atoms with E-state index >= 15 is 0 Å². The topological polar surface area (TPSA) is 84.5 Å². The highest BCUT2D eigenvalue weighted by atomic mass is 35.5. The Morgan fingerprint density at radius 2 is 1.63 bits per heavy atom. The van der Waals surface area contributed by atoms with Crippen molar-refractivity contribution in [2.75, 3.05) is 17.2 Å². The van der Waals surface area contributed by atoms with Gasteiger partial charge in [-0.25, -0.2) is 0 Å². The van der Waals surface area contributed by atoms with Crippen molar-refractivity contribution in [3.8, 4) is 0 Å². The van der Waals surface area contributed by atoms with E-state index in [0.717, 1.165) is 18.2 Å². The summed E-state index contributed by atoms with van der Waals surface area (Å²) in [6.07, 6.45) is -5.24. The first-order valence-electron chi connectivity index (χ1n) is 8.43. The Bertz CT molecular complexity index is 952. The summed E-state index contributed by atoms with van der Waals surface area (Å²) >= 11 is 11.7. The number of carbonyl (C=O) groups is 3. The van der Waals surface area contributed by atoms with E-state index in [1.54, 1.807) is 6.07 Å². The lowest BCUT2D eigenvalue weighted by molar-refractivity contribution is -0.147. The van der Waals surface area contributed by atoms with Gasteiger partial charge in [0.05, 0.1) is 27.7 Å². The predicted octanol–water partition coefficient (Wildman–Crippen LogP) is 4.91. The van der Waals surface area contributed by atoms with Crippen LogP contribution in [0.15, 0.2) is 42.5 Å². The molecule has 30 heavy (non-hydrogen) atoms. The summed E-state index contributed by atoms with van der Waals surface area (Å²) in [4.78, 5) is 35.3. The number of ether oxygens (including phenoxy) is 1. The van der Waals surface area contributed by atoms with E-state index in [1.165, 1.54) is 18.2 Å². The molecule has 2 aromatic rings. The fourth-order valence-electron chi connectivity index (χ4n) is 2.22. The molecule has 0 bridgehead atoms. The normalized spacial score (nSPS) is 11.0. The average molecular weight is 463 g/mol. The molecule has 0 saturated heterocycles. The van der Waals surface area contributed by atoms with E-state index in [0.29, 0.717) is 0 Å². The standard InChI is InChI=1S/C19H15Cl2F3N2O4/c20-13-5-2-6-14(18(13)21)26-16(28)10-30-17(29)8-7-15(27)25-12-4-1-3-11(9-12)19(22,23)24/h1-6,9H,7-8,10H2,(H,25,27)(H,26,28). The fraction of sp³-hybridized carbons (Fsp3) is 0.211. The van der Waals surface area contributed by atoms with Crippen LogP contribution in [0.5, 0.6) is 0 Å². The number of rotatable bonds is 7. The maximum atomic E-state index is 12.7. The summed E-state index contributed by atoms with van der Waals surface area (Å²) in [7, 11) is 0. The molecule has 0 aliphatic rings. The summed E-state index contributed by atoms with van der Waals surface area (Å²) in [5.41, 5.74) is -0.725. The number of hydrogen-bond acceptors (Lipinski definition) is 4. The number of nitrogens with one attached hydrogen (secondary N) is 2. The minimum absolute atomic E-state index is 0.0547. The van der Waals surface area contributed by atoms with Crippen molar-refractivity contribution in [1.82, 2.24) is 0 Å². The van der Waals surface area contributed by atoms with Crippen LogP contribution >= 0.6 is 23.2 Å². The number of amides is 2. The van der Waals surface area contributed by atoms with Crippen LogP contribution in [0.4, 0.5) is 24.5 Å². The minimum atomic E-state index is -4.54. The van der Waals surface area contributed by atoms with Crippen LogP contribution in [0.1, 0.15) is 18.4 Å². The third-order valence-corrected chi connectivity index (χ3v) is 4.44. The molecule has 2 rings (SSSR count). The molecule has 0 spiro atoms. The summed E-state index contributed by atoms with van der Waals surface area (Å²) in [5, 5.41) is 5.05. The molecule has 0 aliphatic carbocycles. The predicted molar refractivity (Wildman–Crippen MR) is 105 cm³/mol. The van der Waals surface area contributed by atoms with Gasteiger partial charge in [-0.2, -0.15) is 13.2 Å². The van der Waals surface area contributed by atoms with E-state index in [2.05, 4.69) is 10.6 Å². The van der Waals surface area contributed by atoms with Gasteiger partial charge >= 0.3 is 12.1 Å². The molecule has 0 heterocycles. The van der Waals surface area contributed by atoms with Crippen molar-refractivity contribution in [2.45, 2.75) is 19.0 Å². The highest BCUT2D eigenvalue weighted by Crippen LogP contribution is 2.31. The van der Waals surface area contributed by atoms with Gasteiger partial charge in [-0.15, -0.1) is 0 Å². The van der Waals surface area contributed by atoms with Crippen LogP contribution in [0.2, 0.25) is 10.0 Å². The van der Waals surface area contributed by atoms with Crippen LogP contribution in [0, 0.1) is 0 Å². The Balaban J connectivity index is 1.76. The molecule has 160 valence electrons. The zero-order valence-corrected chi connectivity index (χ0v) is 16.7. The van der Waals surface area contributed by atoms with Crippen LogP contribution in [0.25, 0.3) is 0 Å². The van der Waals surface area contributed by atoms with Gasteiger partial charge in [-0.3, -0.25) is 14.4 Å². The Labute approximate surface area is 179 Å². The highest BCUT2D eigenvalue weighted by molar-refractivity contribution is 6.44. The monoisotopic (exact) mass is 462 g/mol. The number of benzene rings is 2. The lowest BCUT2D eigenvalue weighted by atomic mass is 10.2. The van der Waals surface area contributed by atoms with E-state index in [1.807, 2.05) is 0 Å². The summed E-state index contributed by atoms with van der Waals surface area (Å²) in [5.74, 6) is -2.18. The van der Waals surface area contributed by atoms with Gasteiger partial charge in [0.25, 0.3) is 5.91 Å². The number of anilines is 2. The molecule has 6 nitrogen and oxygen atoms in total. The molecule has 2 amide bonds. The van der Waals surface area contributed by atoms with Crippen molar-refractivity contribution in [3.05, 3.63) is 58.1 Å². The summed E-state index contributed by atoms with van der Waals surface area (Å²) in [6, 6.07) is 8.69. The fourth-order valence-corrected chi connectivity index (χ4v) is 2.56. The maximum absolute atomic E-state index is 12.7. The third kappa shape index (κ3) is 7.23. The first kappa shape index (κ1) is 23.5. The van der Waals surface area contributed by atoms with E-state index in [4.69, 9.17) is 27.9 Å². The van der Waals surface area contributed by atoms with Crippen LogP contribution in [-0.2, 0) is 25.3 Å². The Morgan fingerprint density at radius 3 is 2.33 bits per heavy atom. The second-order valence-electron chi connectivity index (χ2n) is 5.94. The number of halogens is 5. The zero-order chi connectivity index (χ0) is 22.3. The summed E-state index contributed by atoms with van der Waals surface area (Å²) in [6.45, 7) is -0.614. The molecule has 0 aliphatic heterocycles. The van der Waals surface area contributed by atoms with Gasteiger partial charge in [0.2, 0.25) is 5.91 Å². The van der Waals surface area contributed by atoms with Crippen molar-refractivity contribution in [1.29, 1.82) is 0 Å². The second kappa shape index (κ2) is 10.3. The number of carbonyl (C=O) groups excluding carboxylic acids is 3. The molecule has 0 unspecified atom stereocenters. The van der Waals surface area contributed by atoms with Gasteiger partial charge in [0, 0.05) is 12.1 Å². The summed E-state index contributed by atoms with van der Waals surface area (Å²) < 4.78 is 42.8. The van der Waals surface area contributed by atoms with Crippen LogP contribution in [0.3, 0.4) is 0 Å². The molecular formula is C19H15Cl2F3N2O4. The molecule has 0 saturated carbocycles. The Morgan fingerprint density at radius 1 is 0.933 bits per heavy atom. The van der Waals surface area contributed by atoms with Gasteiger partial charge in [0.1, 0.15) is 0 Å². The van der Waals surface area contributed by atoms with Crippen molar-refractivity contribution in [3.63, 3.8) is 0 Å². The van der Waals surface area contributed by atoms with Crippen molar-refractivity contribution in [2.24, 2.45) is 0 Å². The third-order valence-electron chi connectivity index (χ3n) is 3.62. The molecule has 11 heteroatoms. The van der Waals surface area contributed by atoms with Gasteiger partial charge in [-0.05, 0) is 30.3 Å². The van der Waals surface area contributed by atoms with E-state index in [9.17, 15) is 27.6 Å². The SMILES string of the molecule is O=C(CCC(=O)OCC(=O)Nc1cccc(Cl)c1Cl)Nc1cccc(C(F)(F)F)c1. The van der Waals surface area contributed by atoms with E-state index in [-0.39, 0.29) is 34.3 Å². The second-order valence-corrected chi connectivity index (χ2v) is 6.72. The lowest BCUT2D eigenvalue weighted by Gasteiger charge is -2.10. The molecule has 2 aromatic carbocycles. The first-order chi connectivity index (χ1) is 14.1. The lowest BCUT2D eigenvalue weighted by Crippen LogP contribution is -2.22. The van der Waals surface area contributed by atoms with Gasteiger partial charge in [-0.1, -0.05) is 35.3 Å². The van der Waals surface area contributed by atoms with Crippen molar-refractivity contribution >= 4 is 52.4 Å². The first-order valence-corrected chi connectivity index (χ1v) is 9.18. The largest absolute Gasteiger partial charge is 0.456 e. The molecule has 0 aromatic heterocycles. The number of alkyl halides is 3. The molecule has 0 radical (unpaired) electrons. The van der Waals surface area contributed by atoms with Crippen molar-refractivity contribution < 1.29 is 32.3 Å². The maximum Gasteiger partial charge on any atom is 0.416 e. The minimum Gasteiger partial charge on any atom is -0.456 e. The average Bonchev–Trinajstić information content (AvgIpc) is 2.68. The molecule has 0 atom stereocenters. The quantitative estimate of drug-likeness (QED) is 0.572. The van der Waals surface area contributed by atoms with Crippen LogP contribution < -0.4 is 10.6 Å². The van der Waals surface area contributed by atoms with Gasteiger partial charge in [0.15, 0.2) is 6.61 Å². The Hall–Kier alpha value is -2.78.